The molecule has 6 atom stereocenters. The molecule has 0 radical (unpaired) electrons. The summed E-state index contributed by atoms with van der Waals surface area (Å²) >= 11 is 15.8. The van der Waals surface area contributed by atoms with Crippen LogP contribution in [-0.2, 0) is 4.74 Å². The second-order valence-corrected chi connectivity index (χ2v) is 17.9. The Balaban J connectivity index is 1.56. The molecule has 0 spiro atoms. The fourth-order valence-corrected chi connectivity index (χ4v) is 9.49. The molecule has 3 aliphatic rings. The van der Waals surface area contributed by atoms with E-state index in [4.69, 9.17) is 4.74 Å². The molecule has 3 rings (SSSR count). The molecule has 3 fully saturated rings. The molecule has 0 aromatic carbocycles. The highest BCUT2D eigenvalue weighted by atomic mass is 79.9. The quantitative estimate of drug-likeness (QED) is 0.255. The van der Waals surface area contributed by atoms with Crippen LogP contribution in [0.2, 0.25) is 0 Å². The Morgan fingerprint density at radius 3 is 2.07 bits per heavy atom. The smallest absolute Gasteiger partial charge is 0.0918 e. The summed E-state index contributed by atoms with van der Waals surface area (Å²) in [6.07, 6.45) is 6.83. The van der Waals surface area contributed by atoms with E-state index in [1.807, 2.05) is 0 Å². The van der Waals surface area contributed by atoms with Crippen LogP contribution in [0.25, 0.3) is 0 Å². The van der Waals surface area contributed by atoms with Crippen molar-refractivity contribution in [3.63, 3.8) is 0 Å². The van der Waals surface area contributed by atoms with Gasteiger partial charge in [0.25, 0.3) is 0 Å². The Labute approximate surface area is 200 Å². The van der Waals surface area contributed by atoms with Gasteiger partial charge in [0.2, 0.25) is 0 Å². The molecule has 0 saturated heterocycles. The Morgan fingerprint density at radius 2 is 1.56 bits per heavy atom. The van der Waals surface area contributed by atoms with Gasteiger partial charge in [-0.1, -0.05) is 112 Å². The van der Waals surface area contributed by atoms with Gasteiger partial charge in [-0.25, -0.2) is 0 Å². The van der Waals surface area contributed by atoms with Crippen LogP contribution in [-0.4, -0.2) is 19.2 Å². The van der Waals surface area contributed by atoms with E-state index in [1.54, 1.807) is 0 Å². The standard InChI is InChI=1S/C22H36Br4O/c1-13(2)15-8-7-14(3)11-16(15)27-12-18-20(6,22(18,25)26)10-9-17-19(4,5)21(17,23)24/h13-18H,7-12H2,1-6H3. The molecule has 0 amide bonds. The predicted octanol–water partition coefficient (Wildman–Crippen LogP) is 8.51. The van der Waals surface area contributed by atoms with Crippen molar-refractivity contribution in [1.82, 2.24) is 0 Å². The summed E-state index contributed by atoms with van der Waals surface area (Å²) in [6, 6.07) is 0. The zero-order valence-corrected chi connectivity index (χ0v) is 24.0. The number of alkyl halides is 4. The first-order valence-electron chi connectivity index (χ1n) is 10.6. The van der Waals surface area contributed by atoms with Gasteiger partial charge in [0.15, 0.2) is 0 Å². The lowest BCUT2D eigenvalue weighted by Crippen LogP contribution is -2.35. The van der Waals surface area contributed by atoms with Crippen LogP contribution < -0.4 is 0 Å². The SMILES string of the molecule is CC1CCC(C(C)C)C(OCC2C(Br)(Br)C2(C)CCC2C(C)(C)C2(Br)Br)C1. The Kier molecular flexibility index (Phi) is 6.78. The minimum Gasteiger partial charge on any atom is -0.378 e. The summed E-state index contributed by atoms with van der Waals surface area (Å²) in [5.41, 5.74) is 0.587. The summed E-state index contributed by atoms with van der Waals surface area (Å²) in [5, 5.41) is 0. The number of hydrogen-bond donors (Lipinski definition) is 0. The van der Waals surface area contributed by atoms with Crippen molar-refractivity contribution in [2.75, 3.05) is 6.61 Å². The normalized spacial score (nSPS) is 44.3. The number of rotatable bonds is 7. The number of ether oxygens (including phenoxy) is 1. The second kappa shape index (κ2) is 7.78. The topological polar surface area (TPSA) is 9.23 Å². The van der Waals surface area contributed by atoms with Gasteiger partial charge >= 0.3 is 0 Å². The van der Waals surface area contributed by atoms with Crippen molar-refractivity contribution >= 4 is 63.7 Å². The third-order valence-electron chi connectivity index (χ3n) is 8.36. The first-order chi connectivity index (χ1) is 12.3. The fraction of sp³-hybridized carbons (Fsp3) is 1.00. The monoisotopic (exact) mass is 632 g/mol. The lowest BCUT2D eigenvalue weighted by atomic mass is 9.75. The van der Waals surface area contributed by atoms with Crippen LogP contribution >= 0.6 is 63.7 Å². The molecule has 0 aliphatic heterocycles. The summed E-state index contributed by atoms with van der Waals surface area (Å²) in [6.45, 7) is 15.1. The zero-order chi connectivity index (χ0) is 20.4. The van der Waals surface area contributed by atoms with E-state index < -0.39 is 0 Å². The summed E-state index contributed by atoms with van der Waals surface area (Å²) in [4.78, 5) is 0. The molecule has 6 unspecified atom stereocenters. The van der Waals surface area contributed by atoms with Crippen molar-refractivity contribution < 1.29 is 4.74 Å². The molecule has 0 bridgehead atoms. The van der Waals surface area contributed by atoms with E-state index in [-0.39, 0.29) is 11.9 Å². The summed E-state index contributed by atoms with van der Waals surface area (Å²) in [5.74, 6) is 3.47. The molecule has 0 aromatic rings. The predicted molar refractivity (Wildman–Crippen MR) is 130 cm³/mol. The van der Waals surface area contributed by atoms with Gasteiger partial charge in [0.1, 0.15) is 0 Å². The van der Waals surface area contributed by atoms with Gasteiger partial charge < -0.3 is 4.74 Å². The molecule has 3 aliphatic carbocycles. The van der Waals surface area contributed by atoms with Crippen LogP contribution in [0, 0.1) is 40.4 Å². The lowest BCUT2D eigenvalue weighted by Gasteiger charge is -2.37. The van der Waals surface area contributed by atoms with Gasteiger partial charge in [-0.15, -0.1) is 0 Å². The average molecular weight is 636 g/mol. The third-order valence-corrected chi connectivity index (χ3v) is 14.4. The molecule has 0 aromatic heterocycles. The van der Waals surface area contributed by atoms with E-state index in [9.17, 15) is 0 Å². The van der Waals surface area contributed by atoms with Crippen LogP contribution in [0.5, 0.6) is 0 Å². The van der Waals surface area contributed by atoms with E-state index >= 15 is 0 Å². The van der Waals surface area contributed by atoms with Crippen LogP contribution in [0.4, 0.5) is 0 Å². The van der Waals surface area contributed by atoms with Crippen molar-refractivity contribution in [3.8, 4) is 0 Å². The van der Waals surface area contributed by atoms with E-state index in [1.165, 1.54) is 32.1 Å². The second-order valence-electron chi connectivity index (χ2n) is 10.7. The molecule has 3 saturated carbocycles. The molecule has 158 valence electrons. The van der Waals surface area contributed by atoms with Gasteiger partial charge in [-0.2, -0.15) is 0 Å². The third kappa shape index (κ3) is 4.05. The van der Waals surface area contributed by atoms with E-state index in [0.717, 1.165) is 18.4 Å². The minimum atomic E-state index is 0.0287. The lowest BCUT2D eigenvalue weighted by molar-refractivity contribution is -0.0453. The largest absolute Gasteiger partial charge is 0.378 e. The van der Waals surface area contributed by atoms with Crippen LogP contribution in [0.1, 0.15) is 73.6 Å². The molecule has 5 heteroatoms. The highest BCUT2D eigenvalue weighted by Gasteiger charge is 2.73. The van der Waals surface area contributed by atoms with E-state index in [0.29, 0.717) is 29.3 Å². The van der Waals surface area contributed by atoms with Gasteiger partial charge in [-0.05, 0) is 54.8 Å². The van der Waals surface area contributed by atoms with E-state index in [2.05, 4.69) is 105 Å². The molecule has 0 heterocycles. The Morgan fingerprint density at radius 1 is 0.963 bits per heavy atom. The average Bonchev–Trinajstić information content (AvgIpc) is 3.14. The first-order valence-corrected chi connectivity index (χ1v) is 13.8. The van der Waals surface area contributed by atoms with Gasteiger partial charge in [0, 0.05) is 11.3 Å². The maximum Gasteiger partial charge on any atom is 0.0918 e. The summed E-state index contributed by atoms with van der Waals surface area (Å²) in [7, 11) is 0. The van der Waals surface area contributed by atoms with Gasteiger partial charge in [-0.3, -0.25) is 0 Å². The fourth-order valence-electron chi connectivity index (χ4n) is 5.57. The van der Waals surface area contributed by atoms with Gasteiger partial charge in [0.05, 0.1) is 19.2 Å². The molecular weight excluding hydrogens is 600 g/mol. The van der Waals surface area contributed by atoms with Crippen LogP contribution in [0.15, 0.2) is 0 Å². The first kappa shape index (κ1) is 23.5. The molecule has 0 N–H and O–H groups in total. The molecule has 1 nitrogen and oxygen atoms in total. The maximum absolute atomic E-state index is 6.61. The maximum atomic E-state index is 6.61. The Hall–Kier alpha value is 1.88. The highest BCUT2D eigenvalue weighted by Crippen LogP contribution is 2.77. The number of hydrogen-bond acceptors (Lipinski definition) is 1. The molecule has 27 heavy (non-hydrogen) atoms. The zero-order valence-electron chi connectivity index (χ0n) is 17.6. The van der Waals surface area contributed by atoms with Crippen molar-refractivity contribution in [1.29, 1.82) is 0 Å². The van der Waals surface area contributed by atoms with Crippen molar-refractivity contribution in [2.24, 2.45) is 40.4 Å². The highest BCUT2D eigenvalue weighted by molar-refractivity contribution is 9.26. The van der Waals surface area contributed by atoms with Crippen LogP contribution in [0.3, 0.4) is 0 Å². The molecular formula is C22H36Br4O. The summed E-state index contributed by atoms with van der Waals surface area (Å²) < 4.78 is 6.76. The number of halogens is 4. The van der Waals surface area contributed by atoms with Crippen molar-refractivity contribution in [2.45, 2.75) is 86.2 Å². The minimum absolute atomic E-state index is 0.0287. The Bertz CT molecular complexity index is 545. The van der Waals surface area contributed by atoms with Crippen molar-refractivity contribution in [3.05, 3.63) is 0 Å².